The third-order valence-corrected chi connectivity index (χ3v) is 4.11. The summed E-state index contributed by atoms with van der Waals surface area (Å²) in [4.78, 5) is 4.53. The van der Waals surface area contributed by atoms with E-state index in [0.717, 1.165) is 43.3 Å². The summed E-state index contributed by atoms with van der Waals surface area (Å²) < 4.78 is 0. The van der Waals surface area contributed by atoms with Gasteiger partial charge in [0.25, 0.3) is 0 Å². The van der Waals surface area contributed by atoms with Gasteiger partial charge in [-0.05, 0) is 18.6 Å². The van der Waals surface area contributed by atoms with Crippen molar-refractivity contribution < 1.29 is 5.21 Å². The zero-order valence-corrected chi connectivity index (χ0v) is 12.4. The third-order valence-electron chi connectivity index (χ3n) is 3.79. The van der Waals surface area contributed by atoms with Gasteiger partial charge in [-0.1, -0.05) is 35.8 Å². The van der Waals surface area contributed by atoms with E-state index in [0.29, 0.717) is 5.84 Å². The van der Waals surface area contributed by atoms with Crippen LogP contribution < -0.4 is 10.6 Å². The normalized spacial score (nSPS) is 19.1. The Morgan fingerprint density at radius 1 is 1.35 bits per heavy atom. The second kappa shape index (κ2) is 6.81. The van der Waals surface area contributed by atoms with Crippen LogP contribution >= 0.6 is 11.6 Å². The van der Waals surface area contributed by atoms with Crippen LogP contribution in [-0.4, -0.2) is 48.2 Å². The smallest absolute Gasteiger partial charge is 0.156 e. The number of hydrogen-bond donors (Lipinski definition) is 2. The summed E-state index contributed by atoms with van der Waals surface area (Å²) in [7, 11) is 0. The number of nitrogens with zero attached hydrogens (tertiary/aromatic N) is 3. The molecule has 2 rings (SSSR count). The molecular formula is C14H21ClN4O. The molecule has 0 aromatic heterocycles. The highest BCUT2D eigenvalue weighted by atomic mass is 35.5. The van der Waals surface area contributed by atoms with Gasteiger partial charge in [0.15, 0.2) is 5.84 Å². The Labute approximate surface area is 124 Å². The van der Waals surface area contributed by atoms with Crippen molar-refractivity contribution in [1.29, 1.82) is 0 Å². The number of halogens is 1. The lowest BCUT2D eigenvalue weighted by Crippen LogP contribution is -2.54. The van der Waals surface area contributed by atoms with Crippen LogP contribution in [0.4, 0.5) is 5.69 Å². The average Bonchev–Trinajstić information content (AvgIpc) is 2.49. The van der Waals surface area contributed by atoms with Gasteiger partial charge in [-0.2, -0.15) is 0 Å². The van der Waals surface area contributed by atoms with Crippen molar-refractivity contribution in [2.45, 2.75) is 19.4 Å². The monoisotopic (exact) mass is 296 g/mol. The fourth-order valence-corrected chi connectivity index (χ4v) is 2.96. The first-order valence-electron chi connectivity index (χ1n) is 6.88. The van der Waals surface area contributed by atoms with Crippen LogP contribution in [-0.2, 0) is 0 Å². The summed E-state index contributed by atoms with van der Waals surface area (Å²) >= 11 is 6.23. The lowest BCUT2D eigenvalue weighted by molar-refractivity contribution is 0.216. The first kappa shape index (κ1) is 14.9. The number of rotatable bonds is 4. The molecule has 1 aliphatic heterocycles. The van der Waals surface area contributed by atoms with Crippen molar-refractivity contribution in [3.63, 3.8) is 0 Å². The van der Waals surface area contributed by atoms with Crippen LogP contribution in [0.5, 0.6) is 0 Å². The van der Waals surface area contributed by atoms with Crippen LogP contribution in [0.1, 0.15) is 13.3 Å². The second-order valence-corrected chi connectivity index (χ2v) is 5.33. The molecule has 1 aliphatic rings. The van der Waals surface area contributed by atoms with E-state index in [4.69, 9.17) is 22.5 Å². The van der Waals surface area contributed by atoms with E-state index >= 15 is 0 Å². The zero-order valence-electron chi connectivity index (χ0n) is 11.7. The van der Waals surface area contributed by atoms with E-state index < -0.39 is 0 Å². The Morgan fingerprint density at radius 3 is 2.55 bits per heavy atom. The zero-order chi connectivity index (χ0) is 14.5. The summed E-state index contributed by atoms with van der Waals surface area (Å²) in [6.07, 6.45) is 0.835. The Hall–Kier alpha value is -1.46. The van der Waals surface area contributed by atoms with Crippen LogP contribution in [0.15, 0.2) is 29.4 Å². The number of hydrogen-bond acceptors (Lipinski definition) is 4. The van der Waals surface area contributed by atoms with Crippen LogP contribution in [0, 0.1) is 0 Å². The molecule has 5 nitrogen and oxygen atoms in total. The van der Waals surface area contributed by atoms with Gasteiger partial charge >= 0.3 is 0 Å². The number of amidine groups is 1. The van der Waals surface area contributed by atoms with Crippen molar-refractivity contribution in [2.24, 2.45) is 10.9 Å². The Bertz CT molecular complexity index is 472. The molecule has 0 aliphatic carbocycles. The summed E-state index contributed by atoms with van der Waals surface area (Å²) in [5.74, 6) is 0.290. The van der Waals surface area contributed by atoms with E-state index in [-0.39, 0.29) is 6.04 Å². The summed E-state index contributed by atoms with van der Waals surface area (Å²) in [6.45, 7) is 5.57. The molecule has 1 atom stereocenters. The fraction of sp³-hybridized carbons (Fsp3) is 0.500. The topological polar surface area (TPSA) is 65.1 Å². The molecule has 1 aromatic carbocycles. The first-order chi connectivity index (χ1) is 9.67. The Balaban J connectivity index is 2.00. The van der Waals surface area contributed by atoms with Crippen molar-refractivity contribution in [3.05, 3.63) is 29.3 Å². The number of piperazine rings is 1. The molecule has 20 heavy (non-hydrogen) atoms. The van der Waals surface area contributed by atoms with Gasteiger partial charge in [0.2, 0.25) is 0 Å². The number of benzene rings is 1. The molecule has 0 saturated carbocycles. The standard InChI is InChI=1S/C14H21ClN4O/c1-2-12(14(16)17-20)18-7-9-19(10-8-18)13-6-4-3-5-11(13)15/h3-6,12,20H,2,7-10H2,1H3,(H2,16,17). The van der Waals surface area contributed by atoms with E-state index in [1.165, 1.54) is 0 Å². The van der Waals surface area contributed by atoms with Gasteiger partial charge in [0.1, 0.15) is 0 Å². The second-order valence-electron chi connectivity index (χ2n) is 4.92. The van der Waals surface area contributed by atoms with Crippen LogP contribution in [0.3, 0.4) is 0 Å². The van der Waals surface area contributed by atoms with Gasteiger partial charge in [0, 0.05) is 26.2 Å². The molecule has 110 valence electrons. The van der Waals surface area contributed by atoms with Crippen LogP contribution in [0.2, 0.25) is 5.02 Å². The number of anilines is 1. The Kier molecular flexibility index (Phi) is 5.09. The third kappa shape index (κ3) is 3.16. The minimum Gasteiger partial charge on any atom is -0.409 e. The summed E-state index contributed by atoms with van der Waals surface area (Å²) in [6, 6.07) is 7.90. The van der Waals surface area contributed by atoms with E-state index in [1.54, 1.807) is 0 Å². The predicted molar refractivity (Wildman–Crippen MR) is 82.7 cm³/mol. The Morgan fingerprint density at radius 2 is 2.00 bits per heavy atom. The largest absolute Gasteiger partial charge is 0.409 e. The number of para-hydroxylation sites is 1. The molecule has 1 unspecified atom stereocenters. The van der Waals surface area contributed by atoms with Crippen molar-refractivity contribution in [1.82, 2.24) is 4.90 Å². The highest BCUT2D eigenvalue weighted by Gasteiger charge is 2.26. The van der Waals surface area contributed by atoms with Crippen molar-refractivity contribution in [3.8, 4) is 0 Å². The minimum atomic E-state index is 0.00777. The van der Waals surface area contributed by atoms with Gasteiger partial charge in [-0.15, -0.1) is 0 Å². The lowest BCUT2D eigenvalue weighted by Gasteiger charge is -2.39. The van der Waals surface area contributed by atoms with E-state index in [9.17, 15) is 0 Å². The molecular weight excluding hydrogens is 276 g/mol. The molecule has 1 aromatic rings. The first-order valence-corrected chi connectivity index (χ1v) is 7.26. The van der Waals surface area contributed by atoms with Crippen LogP contribution in [0.25, 0.3) is 0 Å². The van der Waals surface area contributed by atoms with Gasteiger partial charge in [0.05, 0.1) is 16.8 Å². The van der Waals surface area contributed by atoms with Gasteiger partial charge in [-0.25, -0.2) is 0 Å². The van der Waals surface area contributed by atoms with E-state index in [2.05, 4.69) is 15.0 Å². The molecule has 0 spiro atoms. The minimum absolute atomic E-state index is 0.00777. The van der Waals surface area contributed by atoms with Crippen molar-refractivity contribution >= 4 is 23.1 Å². The molecule has 1 fully saturated rings. The molecule has 1 saturated heterocycles. The number of oxime groups is 1. The van der Waals surface area contributed by atoms with Gasteiger partial charge < -0.3 is 15.8 Å². The predicted octanol–water partition coefficient (Wildman–Crippen LogP) is 1.99. The fourth-order valence-electron chi connectivity index (χ4n) is 2.70. The van der Waals surface area contributed by atoms with E-state index in [1.807, 2.05) is 31.2 Å². The maximum atomic E-state index is 8.84. The SMILES string of the molecule is CCC(C(N)=NO)N1CCN(c2ccccc2Cl)CC1. The summed E-state index contributed by atoms with van der Waals surface area (Å²) in [5.41, 5.74) is 6.83. The molecule has 0 amide bonds. The highest BCUT2D eigenvalue weighted by molar-refractivity contribution is 6.33. The highest BCUT2D eigenvalue weighted by Crippen LogP contribution is 2.26. The molecule has 1 heterocycles. The number of nitrogens with two attached hydrogens (primary N) is 1. The lowest BCUT2D eigenvalue weighted by atomic mass is 10.1. The molecule has 6 heteroatoms. The maximum Gasteiger partial charge on any atom is 0.156 e. The summed E-state index contributed by atoms with van der Waals surface area (Å²) in [5, 5.41) is 12.8. The average molecular weight is 297 g/mol. The van der Waals surface area contributed by atoms with Crippen molar-refractivity contribution in [2.75, 3.05) is 31.1 Å². The maximum absolute atomic E-state index is 8.84. The molecule has 0 radical (unpaired) electrons. The molecule has 3 N–H and O–H groups in total. The molecule has 0 bridgehead atoms. The van der Waals surface area contributed by atoms with Gasteiger partial charge in [-0.3, -0.25) is 4.90 Å². The quantitative estimate of drug-likeness (QED) is 0.386.